The second-order valence-electron chi connectivity index (χ2n) is 7.63. The Morgan fingerprint density at radius 2 is 1.74 bits per heavy atom. The highest BCUT2D eigenvalue weighted by Crippen LogP contribution is 2.30. The molecule has 0 aliphatic carbocycles. The van der Waals surface area contributed by atoms with Gasteiger partial charge in [0, 0.05) is 49.7 Å². The Morgan fingerprint density at radius 3 is 2.52 bits per heavy atom. The van der Waals surface area contributed by atoms with Crippen LogP contribution in [0.15, 0.2) is 30.5 Å². The molecule has 0 saturated carbocycles. The number of piperidine rings is 1. The van der Waals surface area contributed by atoms with Crippen molar-refractivity contribution in [1.82, 2.24) is 24.8 Å². The van der Waals surface area contributed by atoms with Crippen LogP contribution >= 0.6 is 0 Å². The number of fused-ring (bicyclic) bond motifs is 1. The zero-order valence-electron chi connectivity index (χ0n) is 15.8. The molecule has 7 heteroatoms. The summed E-state index contributed by atoms with van der Waals surface area (Å²) >= 11 is 0. The van der Waals surface area contributed by atoms with E-state index in [2.05, 4.69) is 43.2 Å². The number of pyridine rings is 1. The van der Waals surface area contributed by atoms with E-state index in [4.69, 9.17) is 5.10 Å². The molecule has 0 spiro atoms. The van der Waals surface area contributed by atoms with Gasteiger partial charge in [-0.05, 0) is 56.9 Å². The third-order valence-corrected chi connectivity index (χ3v) is 5.81. The van der Waals surface area contributed by atoms with Gasteiger partial charge in [0.2, 0.25) is 0 Å². The van der Waals surface area contributed by atoms with Crippen LogP contribution in [-0.4, -0.2) is 51.0 Å². The second kappa shape index (κ2) is 6.79. The average molecular weight is 363 g/mol. The lowest BCUT2D eigenvalue weighted by Gasteiger charge is -2.32. The highest BCUT2D eigenvalue weighted by atomic mass is 15.4. The molecule has 0 unspecified atom stereocenters. The zero-order valence-corrected chi connectivity index (χ0v) is 15.8. The summed E-state index contributed by atoms with van der Waals surface area (Å²) in [6.07, 6.45) is 6.53. The van der Waals surface area contributed by atoms with Crippen LogP contribution in [0.1, 0.15) is 43.1 Å². The molecule has 0 radical (unpaired) electrons. The maximum absolute atomic E-state index is 4.88. The van der Waals surface area contributed by atoms with Crippen LogP contribution in [0.3, 0.4) is 0 Å². The van der Waals surface area contributed by atoms with E-state index in [0.29, 0.717) is 5.92 Å². The van der Waals surface area contributed by atoms with E-state index in [1.54, 1.807) is 0 Å². The molecule has 5 heterocycles. The maximum Gasteiger partial charge on any atom is 0.178 e. The monoisotopic (exact) mass is 363 g/mol. The van der Waals surface area contributed by atoms with Crippen molar-refractivity contribution in [3.8, 4) is 0 Å². The molecule has 0 amide bonds. The summed E-state index contributed by atoms with van der Waals surface area (Å²) in [6, 6.07) is 8.39. The first-order valence-electron chi connectivity index (χ1n) is 9.93. The molecule has 5 rings (SSSR count). The molecular formula is C20H25N7. The van der Waals surface area contributed by atoms with Gasteiger partial charge in [-0.25, -0.2) is 0 Å². The highest BCUT2D eigenvalue weighted by Gasteiger charge is 2.26. The molecule has 7 nitrogen and oxygen atoms in total. The van der Waals surface area contributed by atoms with Crippen LogP contribution in [0.5, 0.6) is 0 Å². The third kappa shape index (κ3) is 3.11. The highest BCUT2D eigenvalue weighted by molar-refractivity contribution is 5.48. The lowest BCUT2D eigenvalue weighted by atomic mass is 9.95. The number of hydrogen-bond donors (Lipinski definition) is 0. The first-order chi connectivity index (χ1) is 13.3. The smallest absolute Gasteiger partial charge is 0.178 e. The minimum absolute atomic E-state index is 0.403. The van der Waals surface area contributed by atoms with Crippen molar-refractivity contribution in [1.29, 1.82) is 0 Å². The summed E-state index contributed by atoms with van der Waals surface area (Å²) in [7, 11) is 0. The van der Waals surface area contributed by atoms with E-state index < -0.39 is 0 Å². The minimum Gasteiger partial charge on any atom is -0.371 e. The van der Waals surface area contributed by atoms with E-state index in [1.165, 1.54) is 18.5 Å². The first-order valence-corrected chi connectivity index (χ1v) is 9.93. The summed E-state index contributed by atoms with van der Waals surface area (Å²) in [6.45, 7) is 6.28. The van der Waals surface area contributed by atoms with Crippen molar-refractivity contribution >= 4 is 17.2 Å². The van der Waals surface area contributed by atoms with E-state index in [-0.39, 0.29) is 0 Å². The van der Waals surface area contributed by atoms with Crippen LogP contribution in [0.4, 0.5) is 11.5 Å². The fraction of sp³-hybridized carbons (Fsp3) is 0.500. The molecule has 3 aromatic rings. The summed E-state index contributed by atoms with van der Waals surface area (Å²) in [5.41, 5.74) is 3.18. The molecule has 0 bridgehead atoms. The number of aryl methyl sites for hydroxylation is 1. The van der Waals surface area contributed by atoms with Crippen molar-refractivity contribution in [2.45, 2.75) is 38.5 Å². The van der Waals surface area contributed by atoms with Crippen molar-refractivity contribution in [2.24, 2.45) is 0 Å². The Morgan fingerprint density at radius 1 is 0.926 bits per heavy atom. The number of anilines is 2. The van der Waals surface area contributed by atoms with Crippen LogP contribution in [-0.2, 0) is 0 Å². The molecule has 0 atom stereocenters. The van der Waals surface area contributed by atoms with Gasteiger partial charge in [0.25, 0.3) is 0 Å². The molecule has 2 saturated heterocycles. The predicted molar refractivity (Wildman–Crippen MR) is 105 cm³/mol. The Balaban J connectivity index is 1.36. The van der Waals surface area contributed by atoms with Crippen LogP contribution in [0.2, 0.25) is 0 Å². The maximum atomic E-state index is 4.88. The zero-order chi connectivity index (χ0) is 18.2. The fourth-order valence-electron chi connectivity index (χ4n) is 4.29. The van der Waals surface area contributed by atoms with Gasteiger partial charge in [-0.3, -0.25) is 4.98 Å². The molecule has 0 N–H and O–H groups in total. The Bertz CT molecular complexity index is 936. The summed E-state index contributed by atoms with van der Waals surface area (Å²) in [5, 5.41) is 13.7. The van der Waals surface area contributed by atoms with Crippen LogP contribution in [0.25, 0.3) is 5.65 Å². The van der Waals surface area contributed by atoms with Gasteiger partial charge in [0.05, 0.1) is 0 Å². The van der Waals surface area contributed by atoms with Gasteiger partial charge < -0.3 is 9.80 Å². The summed E-state index contributed by atoms with van der Waals surface area (Å²) in [5.74, 6) is 2.46. The summed E-state index contributed by atoms with van der Waals surface area (Å²) in [4.78, 5) is 9.11. The van der Waals surface area contributed by atoms with E-state index in [9.17, 15) is 0 Å². The standard InChI is InChI=1S/C20H25N7/c1-15-14-17(6-9-21-15)25-12-7-16(8-13-25)20-23-22-18-4-5-19(24-27(18)20)26-10-2-3-11-26/h4-6,9,14,16H,2-3,7-8,10-13H2,1H3. The van der Waals surface area contributed by atoms with Gasteiger partial charge in [0.15, 0.2) is 11.5 Å². The fourth-order valence-corrected chi connectivity index (χ4v) is 4.29. The molecule has 3 aromatic heterocycles. The second-order valence-corrected chi connectivity index (χ2v) is 7.63. The molecule has 2 aliphatic heterocycles. The van der Waals surface area contributed by atoms with E-state index >= 15 is 0 Å². The molecule has 27 heavy (non-hydrogen) atoms. The Kier molecular flexibility index (Phi) is 4.14. The Hall–Kier alpha value is -2.70. The SMILES string of the molecule is Cc1cc(N2CCC(c3nnc4ccc(N5CCCC5)nn34)CC2)ccn1. The number of nitrogens with zero attached hydrogens (tertiary/aromatic N) is 7. The van der Waals surface area contributed by atoms with E-state index in [1.807, 2.05) is 23.7 Å². The normalized spacial score (nSPS) is 18.6. The van der Waals surface area contributed by atoms with Crippen molar-refractivity contribution < 1.29 is 0 Å². The molecule has 0 aromatic carbocycles. The molecular weight excluding hydrogens is 338 g/mol. The van der Waals surface area contributed by atoms with Gasteiger partial charge in [-0.2, -0.15) is 4.52 Å². The lowest BCUT2D eigenvalue weighted by Crippen LogP contribution is -2.33. The molecule has 2 fully saturated rings. The molecule has 140 valence electrons. The minimum atomic E-state index is 0.403. The topological polar surface area (TPSA) is 62.5 Å². The quantitative estimate of drug-likeness (QED) is 0.713. The average Bonchev–Trinajstić information content (AvgIpc) is 3.38. The van der Waals surface area contributed by atoms with Gasteiger partial charge >= 0.3 is 0 Å². The number of hydrogen-bond acceptors (Lipinski definition) is 6. The van der Waals surface area contributed by atoms with Crippen molar-refractivity contribution in [3.63, 3.8) is 0 Å². The van der Waals surface area contributed by atoms with Crippen molar-refractivity contribution in [2.75, 3.05) is 36.0 Å². The van der Waals surface area contributed by atoms with E-state index in [0.717, 1.165) is 62.0 Å². The summed E-state index contributed by atoms with van der Waals surface area (Å²) < 4.78 is 1.98. The first kappa shape index (κ1) is 16.5. The third-order valence-electron chi connectivity index (χ3n) is 5.81. The predicted octanol–water partition coefficient (Wildman–Crippen LogP) is 2.81. The number of rotatable bonds is 3. The van der Waals surface area contributed by atoms with Gasteiger partial charge in [-0.15, -0.1) is 15.3 Å². The largest absolute Gasteiger partial charge is 0.371 e. The van der Waals surface area contributed by atoms with Gasteiger partial charge in [0.1, 0.15) is 5.82 Å². The van der Waals surface area contributed by atoms with Crippen LogP contribution in [0, 0.1) is 6.92 Å². The van der Waals surface area contributed by atoms with Crippen molar-refractivity contribution in [3.05, 3.63) is 42.0 Å². The van der Waals surface area contributed by atoms with Gasteiger partial charge in [-0.1, -0.05) is 0 Å². The lowest BCUT2D eigenvalue weighted by molar-refractivity contribution is 0.477. The van der Waals surface area contributed by atoms with Crippen LogP contribution < -0.4 is 9.80 Å². The molecule has 2 aliphatic rings. The number of aromatic nitrogens is 5. The Labute approximate surface area is 159 Å².